The normalized spacial score (nSPS) is 20.1. The smallest absolute Gasteiger partial charge is 0.0615 e. The van der Waals surface area contributed by atoms with E-state index in [4.69, 9.17) is 4.74 Å². The van der Waals surface area contributed by atoms with Gasteiger partial charge in [-0.2, -0.15) is 0 Å². The lowest BCUT2D eigenvalue weighted by Gasteiger charge is -2.33. The van der Waals surface area contributed by atoms with E-state index in [2.05, 4.69) is 31.0 Å². The topological polar surface area (TPSA) is 24.5 Å². The molecule has 0 aromatic heterocycles. The average Bonchev–Trinajstić information content (AvgIpc) is 3.03. The molecule has 0 heterocycles. The van der Waals surface area contributed by atoms with E-state index >= 15 is 0 Å². The first-order valence-corrected chi connectivity index (χ1v) is 6.67. The van der Waals surface area contributed by atoms with Crippen LogP contribution in [0.5, 0.6) is 0 Å². The Hall–Kier alpha value is -0.120. The first-order valence-electron chi connectivity index (χ1n) is 6.67. The van der Waals surface area contributed by atoms with Crippen LogP contribution < -0.4 is 5.32 Å². The third-order valence-electron chi connectivity index (χ3n) is 3.48. The summed E-state index contributed by atoms with van der Waals surface area (Å²) in [7, 11) is 1.78. The van der Waals surface area contributed by atoms with Gasteiger partial charge in [-0.25, -0.2) is 0 Å². The van der Waals surface area contributed by atoms with Gasteiger partial charge in [-0.15, -0.1) is 0 Å². The minimum atomic E-state index is 0.519. The van der Waals surface area contributed by atoms with Gasteiger partial charge in [0.05, 0.1) is 6.61 Å². The molecule has 96 valence electrons. The summed E-state index contributed by atoms with van der Waals surface area (Å²) in [5.74, 6) is 0. The Bertz CT molecular complexity index is 183. The van der Waals surface area contributed by atoms with E-state index in [1.165, 1.54) is 19.3 Å². The quantitative estimate of drug-likeness (QED) is 0.652. The fourth-order valence-electron chi connectivity index (χ4n) is 2.34. The van der Waals surface area contributed by atoms with E-state index in [9.17, 15) is 0 Å². The van der Waals surface area contributed by atoms with E-state index in [-0.39, 0.29) is 0 Å². The standard InChI is InChI=1S/C13H28N2O/c1-5-15(12(3)10-16-4)11(2)8-9-14-13-6-7-13/h11-14H,5-10H2,1-4H3. The summed E-state index contributed by atoms with van der Waals surface area (Å²) < 4.78 is 5.23. The maximum absolute atomic E-state index is 5.23. The van der Waals surface area contributed by atoms with Crippen molar-refractivity contribution >= 4 is 0 Å². The van der Waals surface area contributed by atoms with Gasteiger partial charge < -0.3 is 10.1 Å². The summed E-state index contributed by atoms with van der Waals surface area (Å²) in [4.78, 5) is 2.53. The molecule has 1 aliphatic rings. The lowest BCUT2D eigenvalue weighted by atomic mass is 10.1. The van der Waals surface area contributed by atoms with Crippen LogP contribution in [-0.4, -0.2) is 49.8 Å². The number of likely N-dealkylation sites (N-methyl/N-ethyl adjacent to an activating group) is 1. The van der Waals surface area contributed by atoms with Gasteiger partial charge in [0, 0.05) is 25.2 Å². The molecular weight excluding hydrogens is 200 g/mol. The molecule has 2 atom stereocenters. The Kier molecular flexibility index (Phi) is 6.32. The maximum Gasteiger partial charge on any atom is 0.0615 e. The van der Waals surface area contributed by atoms with Gasteiger partial charge in [-0.1, -0.05) is 6.92 Å². The van der Waals surface area contributed by atoms with Crippen LogP contribution in [0, 0.1) is 0 Å². The number of rotatable bonds is 9. The summed E-state index contributed by atoms with van der Waals surface area (Å²) in [6.45, 7) is 9.89. The molecule has 0 saturated heterocycles. The van der Waals surface area contributed by atoms with Crippen molar-refractivity contribution in [2.75, 3.05) is 26.8 Å². The van der Waals surface area contributed by atoms with Gasteiger partial charge in [-0.05, 0) is 46.2 Å². The van der Waals surface area contributed by atoms with E-state index in [0.717, 1.165) is 25.7 Å². The fourth-order valence-corrected chi connectivity index (χ4v) is 2.34. The van der Waals surface area contributed by atoms with Crippen molar-refractivity contribution in [2.24, 2.45) is 0 Å². The molecule has 0 aliphatic heterocycles. The number of nitrogens with one attached hydrogen (secondary N) is 1. The van der Waals surface area contributed by atoms with Crippen molar-refractivity contribution in [3.05, 3.63) is 0 Å². The van der Waals surface area contributed by atoms with Gasteiger partial charge in [0.1, 0.15) is 0 Å². The Labute approximate surface area is 101 Å². The molecule has 0 spiro atoms. The Morgan fingerprint density at radius 1 is 1.31 bits per heavy atom. The highest BCUT2D eigenvalue weighted by molar-refractivity contribution is 4.81. The van der Waals surface area contributed by atoms with Crippen LogP contribution in [0.1, 0.15) is 40.0 Å². The van der Waals surface area contributed by atoms with Crippen LogP contribution in [0.15, 0.2) is 0 Å². The summed E-state index contributed by atoms with van der Waals surface area (Å²) >= 11 is 0. The van der Waals surface area contributed by atoms with Crippen LogP contribution in [-0.2, 0) is 4.74 Å². The lowest BCUT2D eigenvalue weighted by Crippen LogP contribution is -2.43. The first-order chi connectivity index (χ1) is 7.69. The van der Waals surface area contributed by atoms with Crippen LogP contribution in [0.4, 0.5) is 0 Å². The Morgan fingerprint density at radius 2 is 2.00 bits per heavy atom. The highest BCUT2D eigenvalue weighted by atomic mass is 16.5. The second kappa shape index (κ2) is 7.25. The minimum Gasteiger partial charge on any atom is -0.383 e. The Balaban J connectivity index is 2.20. The van der Waals surface area contributed by atoms with Crippen LogP contribution in [0.25, 0.3) is 0 Å². The highest BCUT2D eigenvalue weighted by Crippen LogP contribution is 2.18. The van der Waals surface area contributed by atoms with Gasteiger partial charge >= 0.3 is 0 Å². The maximum atomic E-state index is 5.23. The molecule has 0 amide bonds. The van der Waals surface area contributed by atoms with Crippen molar-refractivity contribution in [3.63, 3.8) is 0 Å². The molecule has 0 bridgehead atoms. The molecular formula is C13H28N2O. The molecule has 0 aromatic carbocycles. The van der Waals surface area contributed by atoms with Gasteiger partial charge in [0.2, 0.25) is 0 Å². The highest BCUT2D eigenvalue weighted by Gasteiger charge is 2.22. The number of ether oxygens (including phenoxy) is 1. The van der Waals surface area contributed by atoms with E-state index in [1.54, 1.807) is 7.11 Å². The van der Waals surface area contributed by atoms with Crippen molar-refractivity contribution in [2.45, 2.75) is 58.2 Å². The zero-order chi connectivity index (χ0) is 12.0. The SMILES string of the molecule is CCN(C(C)CCNC1CC1)C(C)COC. The summed E-state index contributed by atoms with van der Waals surface area (Å²) in [6.07, 6.45) is 4.00. The molecule has 2 unspecified atom stereocenters. The largest absolute Gasteiger partial charge is 0.383 e. The van der Waals surface area contributed by atoms with E-state index in [1.807, 2.05) is 0 Å². The third kappa shape index (κ3) is 4.81. The monoisotopic (exact) mass is 228 g/mol. The molecule has 0 radical (unpaired) electrons. The van der Waals surface area contributed by atoms with Crippen molar-refractivity contribution in [1.82, 2.24) is 10.2 Å². The molecule has 3 nitrogen and oxygen atoms in total. The van der Waals surface area contributed by atoms with Crippen LogP contribution in [0.2, 0.25) is 0 Å². The van der Waals surface area contributed by atoms with Crippen molar-refractivity contribution in [3.8, 4) is 0 Å². The molecule has 16 heavy (non-hydrogen) atoms. The zero-order valence-electron chi connectivity index (χ0n) is 11.3. The first kappa shape index (κ1) is 13.9. The summed E-state index contributed by atoms with van der Waals surface area (Å²) in [6, 6.07) is 1.99. The Morgan fingerprint density at radius 3 is 2.50 bits per heavy atom. The van der Waals surface area contributed by atoms with Gasteiger partial charge in [0.15, 0.2) is 0 Å². The van der Waals surface area contributed by atoms with Gasteiger partial charge in [-0.3, -0.25) is 4.90 Å². The van der Waals surface area contributed by atoms with E-state index in [0.29, 0.717) is 12.1 Å². The molecule has 3 heteroatoms. The number of nitrogens with zero attached hydrogens (tertiary/aromatic N) is 1. The van der Waals surface area contributed by atoms with Crippen LogP contribution >= 0.6 is 0 Å². The molecule has 0 aromatic rings. The molecule has 1 aliphatic carbocycles. The third-order valence-corrected chi connectivity index (χ3v) is 3.48. The van der Waals surface area contributed by atoms with Crippen LogP contribution in [0.3, 0.4) is 0 Å². The predicted molar refractivity (Wildman–Crippen MR) is 68.8 cm³/mol. The lowest BCUT2D eigenvalue weighted by molar-refractivity contribution is 0.0757. The number of hydrogen-bond donors (Lipinski definition) is 1. The summed E-state index contributed by atoms with van der Waals surface area (Å²) in [5, 5.41) is 3.58. The fraction of sp³-hybridized carbons (Fsp3) is 1.00. The van der Waals surface area contributed by atoms with Crippen molar-refractivity contribution < 1.29 is 4.74 Å². The molecule has 1 rings (SSSR count). The number of hydrogen-bond acceptors (Lipinski definition) is 3. The van der Waals surface area contributed by atoms with E-state index < -0.39 is 0 Å². The molecule has 1 N–H and O–H groups in total. The second-order valence-electron chi connectivity index (χ2n) is 5.00. The minimum absolute atomic E-state index is 0.519. The summed E-state index contributed by atoms with van der Waals surface area (Å²) in [5.41, 5.74) is 0. The predicted octanol–water partition coefficient (Wildman–Crippen LogP) is 1.87. The van der Waals surface area contributed by atoms with Gasteiger partial charge in [0.25, 0.3) is 0 Å². The molecule has 1 fully saturated rings. The van der Waals surface area contributed by atoms with Crippen molar-refractivity contribution in [1.29, 1.82) is 0 Å². The number of methoxy groups -OCH3 is 1. The average molecular weight is 228 g/mol. The molecule has 1 saturated carbocycles. The zero-order valence-corrected chi connectivity index (χ0v) is 11.3. The second-order valence-corrected chi connectivity index (χ2v) is 5.00.